The molecule has 0 N–H and O–H groups in total. The summed E-state index contributed by atoms with van der Waals surface area (Å²) in [5, 5.41) is 7.95. The second-order valence-corrected chi connectivity index (χ2v) is 3.60. The summed E-state index contributed by atoms with van der Waals surface area (Å²) >= 11 is 3.24. The van der Waals surface area contributed by atoms with Crippen LogP contribution < -0.4 is 0 Å². The van der Waals surface area contributed by atoms with Crippen molar-refractivity contribution in [3.8, 4) is 0 Å². The molecule has 0 amide bonds. The van der Waals surface area contributed by atoms with Crippen molar-refractivity contribution in [1.29, 1.82) is 0 Å². The molecule has 1 aromatic heterocycles. The Kier molecular flexibility index (Phi) is 2.37. The third-order valence-electron chi connectivity index (χ3n) is 1.91. The molecule has 2 rings (SSSR count). The van der Waals surface area contributed by atoms with Gasteiger partial charge in [0.25, 0.3) is 0 Å². The minimum atomic E-state index is 0.172. The van der Waals surface area contributed by atoms with E-state index in [1.165, 1.54) is 0 Å². The lowest BCUT2D eigenvalue weighted by atomic mass is 10.2. The lowest BCUT2D eigenvalue weighted by Crippen LogP contribution is -2.00. The van der Waals surface area contributed by atoms with Gasteiger partial charge >= 0.3 is 0 Å². The fraction of sp³-hybridized carbons (Fsp3) is 0.500. The number of halogens is 1. The largest absolute Gasteiger partial charge is 0.372 e. The predicted octanol–water partition coefficient (Wildman–Crippen LogP) is 2.09. The van der Waals surface area contributed by atoms with Gasteiger partial charge in [0, 0.05) is 6.61 Å². The van der Waals surface area contributed by atoms with Crippen LogP contribution in [-0.4, -0.2) is 16.8 Å². The maximum Gasteiger partial charge on any atom is 0.128 e. The summed E-state index contributed by atoms with van der Waals surface area (Å²) in [4.78, 5) is 0. The van der Waals surface area contributed by atoms with E-state index in [0.717, 1.165) is 29.7 Å². The first-order chi connectivity index (χ1) is 5.86. The zero-order valence-corrected chi connectivity index (χ0v) is 8.12. The second-order valence-electron chi connectivity index (χ2n) is 2.78. The molecule has 0 aromatic carbocycles. The molecule has 1 aliphatic heterocycles. The maximum atomic E-state index is 5.46. The van der Waals surface area contributed by atoms with Crippen LogP contribution in [0.15, 0.2) is 16.7 Å². The van der Waals surface area contributed by atoms with Crippen molar-refractivity contribution in [2.24, 2.45) is 0 Å². The van der Waals surface area contributed by atoms with Crippen molar-refractivity contribution < 1.29 is 4.74 Å². The summed E-state index contributed by atoms with van der Waals surface area (Å²) in [6.07, 6.45) is 2.37. The Balaban J connectivity index is 2.17. The van der Waals surface area contributed by atoms with Crippen LogP contribution in [0, 0.1) is 0 Å². The first kappa shape index (κ1) is 8.13. The number of rotatable bonds is 1. The molecule has 4 heteroatoms. The Labute approximate surface area is 79.3 Å². The highest BCUT2D eigenvalue weighted by molar-refractivity contribution is 9.10. The van der Waals surface area contributed by atoms with E-state index in [4.69, 9.17) is 4.74 Å². The first-order valence-electron chi connectivity index (χ1n) is 3.97. The van der Waals surface area contributed by atoms with Crippen LogP contribution >= 0.6 is 15.9 Å². The van der Waals surface area contributed by atoms with Crippen molar-refractivity contribution in [1.82, 2.24) is 10.2 Å². The molecule has 1 saturated heterocycles. The fourth-order valence-electron chi connectivity index (χ4n) is 1.31. The monoisotopic (exact) mass is 228 g/mol. The SMILES string of the molecule is Brc1ccc(C2CCCO2)nn1. The van der Waals surface area contributed by atoms with Gasteiger partial charge in [0.1, 0.15) is 10.7 Å². The molecule has 1 aliphatic rings. The standard InChI is InChI=1S/C8H9BrN2O/c9-8-4-3-6(10-11-8)7-2-1-5-12-7/h3-4,7H,1-2,5H2. The predicted molar refractivity (Wildman–Crippen MR) is 47.7 cm³/mol. The summed E-state index contributed by atoms with van der Waals surface area (Å²) < 4.78 is 6.23. The summed E-state index contributed by atoms with van der Waals surface area (Å²) in [6.45, 7) is 0.850. The van der Waals surface area contributed by atoms with Crippen LogP contribution in [0.4, 0.5) is 0 Å². The minimum Gasteiger partial charge on any atom is -0.372 e. The van der Waals surface area contributed by atoms with E-state index in [1.54, 1.807) is 0 Å². The summed E-state index contributed by atoms with van der Waals surface area (Å²) in [7, 11) is 0. The second kappa shape index (κ2) is 3.49. The third-order valence-corrected chi connectivity index (χ3v) is 2.34. The van der Waals surface area contributed by atoms with E-state index in [1.807, 2.05) is 12.1 Å². The lowest BCUT2D eigenvalue weighted by Gasteiger charge is -2.06. The molecule has 1 atom stereocenters. The molecule has 1 unspecified atom stereocenters. The highest BCUT2D eigenvalue weighted by Crippen LogP contribution is 2.26. The first-order valence-corrected chi connectivity index (χ1v) is 4.76. The lowest BCUT2D eigenvalue weighted by molar-refractivity contribution is 0.108. The maximum absolute atomic E-state index is 5.46. The molecule has 3 nitrogen and oxygen atoms in total. The van der Waals surface area contributed by atoms with Gasteiger partial charge in [-0.25, -0.2) is 0 Å². The minimum absolute atomic E-state index is 0.172. The average Bonchev–Trinajstić information content (AvgIpc) is 2.58. The highest BCUT2D eigenvalue weighted by atomic mass is 79.9. The summed E-state index contributed by atoms with van der Waals surface area (Å²) in [5.74, 6) is 0. The Bertz CT molecular complexity index is 256. The molecular weight excluding hydrogens is 220 g/mol. The van der Waals surface area contributed by atoms with E-state index in [-0.39, 0.29) is 6.10 Å². The van der Waals surface area contributed by atoms with E-state index >= 15 is 0 Å². The number of aromatic nitrogens is 2. The van der Waals surface area contributed by atoms with Gasteiger partial charge in [-0.1, -0.05) is 0 Å². The third kappa shape index (κ3) is 1.64. The Hall–Kier alpha value is -0.480. The average molecular weight is 229 g/mol. The van der Waals surface area contributed by atoms with Crippen molar-refractivity contribution in [3.05, 3.63) is 22.4 Å². The van der Waals surface area contributed by atoms with Gasteiger partial charge in [-0.05, 0) is 40.9 Å². The van der Waals surface area contributed by atoms with Crippen LogP contribution in [0.3, 0.4) is 0 Å². The van der Waals surface area contributed by atoms with Gasteiger partial charge in [0.05, 0.1) is 5.69 Å². The van der Waals surface area contributed by atoms with Crippen molar-refractivity contribution in [3.63, 3.8) is 0 Å². The van der Waals surface area contributed by atoms with E-state index in [9.17, 15) is 0 Å². The van der Waals surface area contributed by atoms with Gasteiger partial charge in [-0.2, -0.15) is 5.10 Å². The fourth-order valence-corrected chi connectivity index (χ4v) is 1.52. The Morgan fingerprint density at radius 1 is 1.42 bits per heavy atom. The van der Waals surface area contributed by atoms with Crippen LogP contribution in [0.1, 0.15) is 24.6 Å². The molecule has 12 heavy (non-hydrogen) atoms. The van der Waals surface area contributed by atoms with Crippen LogP contribution in [0.2, 0.25) is 0 Å². The van der Waals surface area contributed by atoms with Crippen LogP contribution in [0.5, 0.6) is 0 Å². The topological polar surface area (TPSA) is 35.0 Å². The molecule has 1 aromatic rings. The molecule has 1 fully saturated rings. The summed E-state index contributed by atoms with van der Waals surface area (Å²) in [6, 6.07) is 3.84. The van der Waals surface area contributed by atoms with Gasteiger partial charge < -0.3 is 4.74 Å². The number of nitrogens with zero attached hydrogens (tertiary/aromatic N) is 2. The molecule has 0 bridgehead atoms. The summed E-state index contributed by atoms with van der Waals surface area (Å²) in [5.41, 5.74) is 0.940. The van der Waals surface area contributed by atoms with Crippen molar-refractivity contribution in [2.75, 3.05) is 6.61 Å². The van der Waals surface area contributed by atoms with Gasteiger partial charge in [0.15, 0.2) is 0 Å². The van der Waals surface area contributed by atoms with E-state index in [0.29, 0.717) is 0 Å². The Morgan fingerprint density at radius 3 is 2.92 bits per heavy atom. The van der Waals surface area contributed by atoms with Gasteiger partial charge in [-0.3, -0.25) is 0 Å². The molecule has 0 aliphatic carbocycles. The smallest absolute Gasteiger partial charge is 0.128 e. The van der Waals surface area contributed by atoms with Crippen LogP contribution in [0.25, 0.3) is 0 Å². The zero-order valence-electron chi connectivity index (χ0n) is 6.53. The molecular formula is C8H9BrN2O. The molecule has 0 saturated carbocycles. The number of hydrogen-bond acceptors (Lipinski definition) is 3. The van der Waals surface area contributed by atoms with Crippen LogP contribution in [-0.2, 0) is 4.74 Å². The normalized spacial score (nSPS) is 22.9. The van der Waals surface area contributed by atoms with E-state index < -0.39 is 0 Å². The molecule has 0 spiro atoms. The number of hydrogen-bond donors (Lipinski definition) is 0. The molecule has 64 valence electrons. The molecule has 2 heterocycles. The zero-order chi connectivity index (χ0) is 8.39. The Morgan fingerprint density at radius 2 is 2.33 bits per heavy atom. The number of ether oxygens (including phenoxy) is 1. The van der Waals surface area contributed by atoms with Gasteiger partial charge in [-0.15, -0.1) is 5.10 Å². The quantitative estimate of drug-likeness (QED) is 0.739. The molecule has 0 radical (unpaired) electrons. The van der Waals surface area contributed by atoms with Crippen molar-refractivity contribution >= 4 is 15.9 Å². The van der Waals surface area contributed by atoms with E-state index in [2.05, 4.69) is 26.1 Å². The van der Waals surface area contributed by atoms with Crippen molar-refractivity contribution in [2.45, 2.75) is 18.9 Å². The highest BCUT2D eigenvalue weighted by Gasteiger charge is 2.18. The van der Waals surface area contributed by atoms with Gasteiger partial charge in [0.2, 0.25) is 0 Å².